The van der Waals surface area contributed by atoms with Gasteiger partial charge in [0, 0.05) is 11.5 Å². The third kappa shape index (κ3) is 4.51. The van der Waals surface area contributed by atoms with Crippen LogP contribution in [0, 0.1) is 10.1 Å². The summed E-state index contributed by atoms with van der Waals surface area (Å²) in [7, 11) is 0. The molecule has 9 heteroatoms. The standard InChI is InChI=1S/C19H15N3O5S/c23-16-10-13(22(25)26)8-9-15(16)20-19(28)21-18(24)11-27-17-7-3-5-12-4-1-2-6-14(12)17/h1-10,23H,11H2,(H2,20,21,24,28). The van der Waals surface area contributed by atoms with Gasteiger partial charge in [0.15, 0.2) is 11.7 Å². The van der Waals surface area contributed by atoms with Crippen molar-refractivity contribution in [1.29, 1.82) is 0 Å². The number of aromatic hydroxyl groups is 1. The Morgan fingerprint density at radius 2 is 1.89 bits per heavy atom. The van der Waals surface area contributed by atoms with Gasteiger partial charge in [0.1, 0.15) is 11.5 Å². The lowest BCUT2D eigenvalue weighted by Crippen LogP contribution is -2.37. The van der Waals surface area contributed by atoms with Gasteiger partial charge in [0.25, 0.3) is 11.6 Å². The number of anilines is 1. The summed E-state index contributed by atoms with van der Waals surface area (Å²) in [5, 5.41) is 27.3. The van der Waals surface area contributed by atoms with E-state index in [2.05, 4.69) is 10.6 Å². The number of phenolic OH excluding ortho intramolecular Hbond substituents is 1. The quantitative estimate of drug-likeness (QED) is 0.262. The van der Waals surface area contributed by atoms with Gasteiger partial charge in [0.05, 0.1) is 16.7 Å². The number of fused-ring (bicyclic) bond motifs is 1. The summed E-state index contributed by atoms with van der Waals surface area (Å²) in [5.41, 5.74) is -0.132. The molecule has 3 rings (SSSR count). The third-order valence-corrected chi connectivity index (χ3v) is 4.01. The minimum absolute atomic E-state index is 0.0735. The average Bonchev–Trinajstić information content (AvgIpc) is 2.67. The van der Waals surface area contributed by atoms with Crippen LogP contribution in [0.3, 0.4) is 0 Å². The lowest BCUT2D eigenvalue weighted by Gasteiger charge is -2.12. The van der Waals surface area contributed by atoms with Gasteiger partial charge in [-0.05, 0) is 29.7 Å². The Kier molecular flexibility index (Phi) is 5.66. The molecule has 0 atom stereocenters. The van der Waals surface area contributed by atoms with Gasteiger partial charge in [-0.15, -0.1) is 0 Å². The number of benzene rings is 3. The van der Waals surface area contributed by atoms with Gasteiger partial charge in [-0.1, -0.05) is 36.4 Å². The van der Waals surface area contributed by atoms with E-state index >= 15 is 0 Å². The molecule has 0 aliphatic carbocycles. The minimum Gasteiger partial charge on any atom is -0.506 e. The number of amides is 1. The van der Waals surface area contributed by atoms with Gasteiger partial charge in [0.2, 0.25) is 0 Å². The van der Waals surface area contributed by atoms with E-state index in [0.29, 0.717) is 5.75 Å². The number of nitro groups is 1. The van der Waals surface area contributed by atoms with Crippen molar-refractivity contribution in [2.24, 2.45) is 0 Å². The number of carbonyl (C=O) groups excluding carboxylic acids is 1. The number of ether oxygens (including phenoxy) is 1. The van der Waals surface area contributed by atoms with Crippen LogP contribution in [-0.4, -0.2) is 27.7 Å². The number of nitrogens with zero attached hydrogens (tertiary/aromatic N) is 1. The van der Waals surface area contributed by atoms with Crippen LogP contribution >= 0.6 is 12.2 Å². The van der Waals surface area contributed by atoms with E-state index in [-0.39, 0.29) is 28.8 Å². The topological polar surface area (TPSA) is 114 Å². The van der Waals surface area contributed by atoms with Crippen LogP contribution in [0.2, 0.25) is 0 Å². The molecular weight excluding hydrogens is 382 g/mol. The maximum absolute atomic E-state index is 12.1. The van der Waals surface area contributed by atoms with Gasteiger partial charge in [-0.2, -0.15) is 0 Å². The highest BCUT2D eigenvalue weighted by molar-refractivity contribution is 7.80. The Morgan fingerprint density at radius 3 is 2.64 bits per heavy atom. The molecular formula is C19H15N3O5S. The molecule has 0 radical (unpaired) electrons. The van der Waals surface area contributed by atoms with E-state index in [1.165, 1.54) is 12.1 Å². The lowest BCUT2D eigenvalue weighted by molar-refractivity contribution is -0.384. The number of hydrogen-bond donors (Lipinski definition) is 3. The van der Waals surface area contributed by atoms with E-state index in [0.717, 1.165) is 16.8 Å². The molecule has 0 spiro atoms. The van der Waals surface area contributed by atoms with Crippen LogP contribution < -0.4 is 15.4 Å². The third-order valence-electron chi connectivity index (χ3n) is 3.80. The zero-order chi connectivity index (χ0) is 20.1. The first-order valence-corrected chi connectivity index (χ1v) is 8.53. The van der Waals surface area contributed by atoms with Gasteiger partial charge < -0.3 is 15.2 Å². The molecule has 3 aromatic carbocycles. The van der Waals surface area contributed by atoms with Gasteiger partial charge >= 0.3 is 0 Å². The van der Waals surface area contributed by atoms with E-state index in [1.54, 1.807) is 6.07 Å². The number of carbonyl (C=O) groups is 1. The van der Waals surface area contributed by atoms with Crippen LogP contribution in [-0.2, 0) is 4.79 Å². The molecule has 1 amide bonds. The van der Waals surface area contributed by atoms with Crippen molar-refractivity contribution < 1.29 is 19.6 Å². The molecule has 0 unspecified atom stereocenters. The van der Waals surface area contributed by atoms with E-state index in [1.807, 2.05) is 36.4 Å². The highest BCUT2D eigenvalue weighted by atomic mass is 32.1. The molecule has 28 heavy (non-hydrogen) atoms. The second-order valence-corrected chi connectivity index (χ2v) is 6.14. The van der Waals surface area contributed by atoms with Crippen LogP contribution in [0.15, 0.2) is 60.7 Å². The number of rotatable bonds is 5. The van der Waals surface area contributed by atoms with Gasteiger partial charge in [-0.3, -0.25) is 20.2 Å². The monoisotopic (exact) mass is 397 g/mol. The van der Waals surface area contributed by atoms with Crippen LogP contribution in [0.4, 0.5) is 11.4 Å². The van der Waals surface area contributed by atoms with Crippen molar-refractivity contribution >= 4 is 45.4 Å². The molecule has 0 aromatic heterocycles. The average molecular weight is 397 g/mol. The summed E-state index contributed by atoms with van der Waals surface area (Å²) in [4.78, 5) is 22.1. The SMILES string of the molecule is O=C(COc1cccc2ccccc12)NC(=S)Nc1ccc([N+](=O)[O-])cc1O. The smallest absolute Gasteiger partial charge is 0.273 e. The van der Waals surface area contributed by atoms with E-state index in [4.69, 9.17) is 17.0 Å². The largest absolute Gasteiger partial charge is 0.506 e. The second kappa shape index (κ2) is 8.31. The maximum atomic E-state index is 12.1. The minimum atomic E-state index is -0.631. The molecule has 0 bridgehead atoms. The molecule has 0 saturated heterocycles. The first-order valence-electron chi connectivity index (χ1n) is 8.13. The Balaban J connectivity index is 1.57. The molecule has 3 aromatic rings. The van der Waals surface area contributed by atoms with Crippen molar-refractivity contribution in [2.75, 3.05) is 11.9 Å². The van der Waals surface area contributed by atoms with Crippen molar-refractivity contribution in [3.05, 3.63) is 70.8 Å². The number of nitrogens with one attached hydrogen (secondary N) is 2. The summed E-state index contributed by atoms with van der Waals surface area (Å²) >= 11 is 5.02. The second-order valence-electron chi connectivity index (χ2n) is 5.73. The van der Waals surface area contributed by atoms with E-state index < -0.39 is 10.8 Å². The van der Waals surface area contributed by atoms with Crippen molar-refractivity contribution in [3.63, 3.8) is 0 Å². The summed E-state index contributed by atoms with van der Waals surface area (Å²) < 4.78 is 5.57. The Morgan fingerprint density at radius 1 is 1.14 bits per heavy atom. The summed E-state index contributed by atoms with van der Waals surface area (Å²) in [6.45, 7) is -0.262. The maximum Gasteiger partial charge on any atom is 0.273 e. The van der Waals surface area contributed by atoms with Crippen LogP contribution in [0.5, 0.6) is 11.5 Å². The number of thiocarbonyl (C=S) groups is 1. The molecule has 3 N–H and O–H groups in total. The van der Waals surface area contributed by atoms with Crippen molar-refractivity contribution in [2.45, 2.75) is 0 Å². The zero-order valence-electron chi connectivity index (χ0n) is 14.4. The molecule has 0 saturated carbocycles. The fraction of sp³-hybridized carbons (Fsp3) is 0.0526. The fourth-order valence-electron chi connectivity index (χ4n) is 2.52. The van der Waals surface area contributed by atoms with Gasteiger partial charge in [-0.25, -0.2) is 0 Å². The fourth-order valence-corrected chi connectivity index (χ4v) is 2.74. The Bertz CT molecular complexity index is 1070. The zero-order valence-corrected chi connectivity index (χ0v) is 15.2. The molecule has 142 valence electrons. The van der Waals surface area contributed by atoms with Crippen molar-refractivity contribution in [3.8, 4) is 11.5 Å². The predicted octanol–water partition coefficient (Wildman–Crippen LogP) is 3.35. The highest BCUT2D eigenvalue weighted by Crippen LogP contribution is 2.28. The normalized spacial score (nSPS) is 10.3. The Hall–Kier alpha value is -3.72. The predicted molar refractivity (Wildman–Crippen MR) is 109 cm³/mol. The van der Waals surface area contributed by atoms with E-state index in [9.17, 15) is 20.0 Å². The summed E-state index contributed by atoms with van der Waals surface area (Å²) in [6.07, 6.45) is 0. The van der Waals surface area contributed by atoms with Crippen LogP contribution in [0.25, 0.3) is 10.8 Å². The highest BCUT2D eigenvalue weighted by Gasteiger charge is 2.12. The number of non-ortho nitro benzene ring substituents is 1. The number of hydrogen-bond acceptors (Lipinski definition) is 6. The Labute approximate surface area is 164 Å². The first kappa shape index (κ1) is 19.1. The molecule has 0 heterocycles. The molecule has 0 aliphatic heterocycles. The molecule has 0 fully saturated rings. The number of nitro benzene ring substituents is 1. The lowest BCUT2D eigenvalue weighted by atomic mass is 10.1. The van der Waals surface area contributed by atoms with Crippen molar-refractivity contribution in [1.82, 2.24) is 5.32 Å². The first-order chi connectivity index (χ1) is 13.4. The molecule has 0 aliphatic rings. The molecule has 8 nitrogen and oxygen atoms in total. The van der Waals surface area contributed by atoms with Crippen LogP contribution in [0.1, 0.15) is 0 Å². The summed E-state index contributed by atoms with van der Waals surface area (Å²) in [6, 6.07) is 16.6. The summed E-state index contributed by atoms with van der Waals surface area (Å²) in [5.74, 6) is -0.287. The number of phenols is 1.